The minimum Gasteiger partial charge on any atom is -0.373 e. The summed E-state index contributed by atoms with van der Waals surface area (Å²) >= 11 is 0. The van der Waals surface area contributed by atoms with Crippen molar-refractivity contribution in [3.05, 3.63) is 58.8 Å². The first-order valence-electron chi connectivity index (χ1n) is 7.79. The highest BCUT2D eigenvalue weighted by Crippen LogP contribution is 2.31. The van der Waals surface area contributed by atoms with E-state index in [1.54, 1.807) is 36.7 Å². The molecule has 0 saturated heterocycles. The molecule has 2 aromatic heterocycles. The number of non-ortho nitro benzene ring substituents is 1. The zero-order chi connectivity index (χ0) is 17.1. The van der Waals surface area contributed by atoms with Crippen molar-refractivity contribution in [2.75, 3.05) is 18.5 Å². The maximum Gasteiger partial charge on any atom is 0.278 e. The number of nitrogens with zero attached hydrogens (tertiary/aromatic N) is 5. The predicted molar refractivity (Wildman–Crippen MR) is 93.2 cm³/mol. The minimum atomic E-state index is -0.365. The van der Waals surface area contributed by atoms with Gasteiger partial charge < -0.3 is 9.47 Å². The third-order valence-electron chi connectivity index (χ3n) is 4.15. The van der Waals surface area contributed by atoms with Crippen LogP contribution in [0.3, 0.4) is 0 Å². The fourth-order valence-corrected chi connectivity index (χ4v) is 2.85. The Morgan fingerprint density at radius 2 is 2.08 bits per heavy atom. The van der Waals surface area contributed by atoms with Gasteiger partial charge in [0, 0.05) is 44.8 Å². The summed E-state index contributed by atoms with van der Waals surface area (Å²) in [7, 11) is 1.98. The van der Waals surface area contributed by atoms with E-state index in [4.69, 9.17) is 0 Å². The summed E-state index contributed by atoms with van der Waals surface area (Å²) in [6, 6.07) is 6.79. The van der Waals surface area contributed by atoms with E-state index in [1.165, 1.54) is 0 Å². The molecule has 0 spiro atoms. The molecule has 0 amide bonds. The molecule has 0 N–H and O–H groups in total. The molecule has 1 aromatic carbocycles. The molecule has 7 heteroatoms. The van der Waals surface area contributed by atoms with Gasteiger partial charge in [0.2, 0.25) is 0 Å². The highest BCUT2D eigenvalue weighted by molar-refractivity contribution is 5.96. The Balaban J connectivity index is 1.80. The lowest BCUT2D eigenvalue weighted by molar-refractivity contribution is -0.383. The Hall–Kier alpha value is -2.96. The molecular weight excluding hydrogens is 306 g/mol. The van der Waals surface area contributed by atoms with Gasteiger partial charge in [0.15, 0.2) is 0 Å². The van der Waals surface area contributed by atoms with Crippen LogP contribution in [0.1, 0.15) is 12.2 Å². The van der Waals surface area contributed by atoms with Crippen molar-refractivity contribution in [3.8, 4) is 0 Å². The quantitative estimate of drug-likeness (QED) is 0.514. The normalized spacial score (nSPS) is 10.9. The zero-order valence-corrected chi connectivity index (χ0v) is 13.7. The predicted octanol–water partition coefficient (Wildman–Crippen LogP) is 3.17. The van der Waals surface area contributed by atoms with Crippen LogP contribution < -0.4 is 4.90 Å². The maximum atomic E-state index is 11.2. The van der Waals surface area contributed by atoms with Crippen LogP contribution in [0.2, 0.25) is 0 Å². The fraction of sp³-hybridized carbons (Fsp3) is 0.294. The second kappa shape index (κ2) is 6.66. The average Bonchev–Trinajstić information content (AvgIpc) is 2.98. The first-order chi connectivity index (χ1) is 11.6. The number of aryl methyl sites for hydroxylation is 2. The molecule has 0 fully saturated rings. The van der Waals surface area contributed by atoms with Crippen LogP contribution >= 0.6 is 0 Å². The molecule has 0 aliphatic carbocycles. The molecule has 3 rings (SSSR count). The van der Waals surface area contributed by atoms with E-state index in [0.717, 1.165) is 31.0 Å². The smallest absolute Gasteiger partial charge is 0.278 e. The van der Waals surface area contributed by atoms with Crippen LogP contribution in [-0.2, 0) is 6.54 Å². The van der Waals surface area contributed by atoms with E-state index in [0.29, 0.717) is 10.9 Å². The molecule has 3 aromatic rings. The van der Waals surface area contributed by atoms with E-state index in [9.17, 15) is 10.1 Å². The molecule has 7 nitrogen and oxygen atoms in total. The summed E-state index contributed by atoms with van der Waals surface area (Å²) in [6.45, 7) is 3.69. The standard InChI is InChI=1S/C17H19N5O2/c1-13-18-9-12-21(13)11-4-10-20(2)16-7-6-15(22(23)24)14-5-3-8-19-17(14)16/h3,5-9,12H,4,10-11H2,1-2H3. The number of nitro groups is 1. The summed E-state index contributed by atoms with van der Waals surface area (Å²) in [6.07, 6.45) is 6.38. The Bertz CT molecular complexity index is 874. The van der Waals surface area contributed by atoms with Crippen LogP contribution in [0.4, 0.5) is 11.4 Å². The van der Waals surface area contributed by atoms with Gasteiger partial charge in [-0.3, -0.25) is 15.1 Å². The molecule has 0 aliphatic rings. The van der Waals surface area contributed by atoms with Gasteiger partial charge in [-0.25, -0.2) is 4.98 Å². The maximum absolute atomic E-state index is 11.2. The summed E-state index contributed by atoms with van der Waals surface area (Å²) < 4.78 is 2.11. The minimum absolute atomic E-state index is 0.0873. The van der Waals surface area contributed by atoms with Crippen molar-refractivity contribution in [1.29, 1.82) is 0 Å². The first kappa shape index (κ1) is 15.9. The first-order valence-corrected chi connectivity index (χ1v) is 7.79. The summed E-state index contributed by atoms with van der Waals surface area (Å²) in [4.78, 5) is 21.5. The van der Waals surface area contributed by atoms with Crippen molar-refractivity contribution in [2.24, 2.45) is 0 Å². The number of benzene rings is 1. The number of pyridine rings is 1. The lowest BCUT2D eigenvalue weighted by Crippen LogP contribution is -2.20. The molecule has 0 radical (unpaired) electrons. The number of anilines is 1. The Morgan fingerprint density at radius 3 is 2.79 bits per heavy atom. The van der Waals surface area contributed by atoms with E-state index < -0.39 is 0 Å². The number of fused-ring (bicyclic) bond motifs is 1. The third kappa shape index (κ3) is 3.05. The summed E-state index contributed by atoms with van der Waals surface area (Å²) in [5.74, 6) is 1.00. The van der Waals surface area contributed by atoms with Gasteiger partial charge in [-0.2, -0.15) is 0 Å². The Morgan fingerprint density at radius 1 is 1.25 bits per heavy atom. The fourth-order valence-electron chi connectivity index (χ4n) is 2.85. The highest BCUT2D eigenvalue weighted by Gasteiger charge is 2.16. The third-order valence-corrected chi connectivity index (χ3v) is 4.15. The molecule has 0 saturated carbocycles. The van der Waals surface area contributed by atoms with Crippen LogP contribution in [0.25, 0.3) is 10.9 Å². The van der Waals surface area contributed by atoms with Crippen molar-refractivity contribution in [3.63, 3.8) is 0 Å². The second-order valence-corrected chi connectivity index (χ2v) is 5.70. The van der Waals surface area contributed by atoms with Gasteiger partial charge >= 0.3 is 0 Å². The number of hydrogen-bond donors (Lipinski definition) is 0. The SMILES string of the molecule is Cc1nccn1CCCN(C)c1ccc([N+](=O)[O-])c2cccnc12. The van der Waals surface area contributed by atoms with Gasteiger partial charge in [0.25, 0.3) is 5.69 Å². The van der Waals surface area contributed by atoms with Crippen LogP contribution in [0.5, 0.6) is 0 Å². The van der Waals surface area contributed by atoms with E-state index >= 15 is 0 Å². The molecule has 24 heavy (non-hydrogen) atoms. The number of imidazole rings is 1. The summed E-state index contributed by atoms with van der Waals surface area (Å²) in [5, 5.41) is 11.8. The molecule has 2 heterocycles. The molecule has 0 aliphatic heterocycles. The van der Waals surface area contributed by atoms with Crippen molar-refractivity contribution in [1.82, 2.24) is 14.5 Å². The lowest BCUT2D eigenvalue weighted by Gasteiger charge is -2.20. The molecule has 124 valence electrons. The molecular formula is C17H19N5O2. The van der Waals surface area contributed by atoms with Gasteiger partial charge in [0.05, 0.1) is 16.0 Å². The van der Waals surface area contributed by atoms with Crippen LogP contribution in [0.15, 0.2) is 42.9 Å². The topological polar surface area (TPSA) is 77.1 Å². The van der Waals surface area contributed by atoms with Crippen molar-refractivity contribution in [2.45, 2.75) is 19.9 Å². The second-order valence-electron chi connectivity index (χ2n) is 5.70. The lowest BCUT2D eigenvalue weighted by atomic mass is 10.1. The van der Waals surface area contributed by atoms with Crippen molar-refractivity contribution < 1.29 is 4.92 Å². The highest BCUT2D eigenvalue weighted by atomic mass is 16.6. The number of aromatic nitrogens is 3. The van der Waals surface area contributed by atoms with E-state index in [2.05, 4.69) is 19.4 Å². The Labute approximate surface area is 139 Å². The van der Waals surface area contributed by atoms with Gasteiger partial charge in [-0.1, -0.05) is 0 Å². The van der Waals surface area contributed by atoms with Gasteiger partial charge in [0.1, 0.15) is 11.3 Å². The number of hydrogen-bond acceptors (Lipinski definition) is 5. The largest absolute Gasteiger partial charge is 0.373 e. The molecule has 0 unspecified atom stereocenters. The summed E-state index contributed by atoms with van der Waals surface area (Å²) in [5.41, 5.74) is 1.65. The van der Waals surface area contributed by atoms with E-state index in [-0.39, 0.29) is 10.6 Å². The van der Waals surface area contributed by atoms with Crippen LogP contribution in [-0.4, -0.2) is 33.1 Å². The number of nitro benzene ring substituents is 1. The Kier molecular flexibility index (Phi) is 4.41. The average molecular weight is 325 g/mol. The van der Waals surface area contributed by atoms with E-state index in [1.807, 2.05) is 20.2 Å². The van der Waals surface area contributed by atoms with Gasteiger partial charge in [-0.15, -0.1) is 0 Å². The van der Waals surface area contributed by atoms with Crippen LogP contribution in [0, 0.1) is 17.0 Å². The zero-order valence-electron chi connectivity index (χ0n) is 13.7. The van der Waals surface area contributed by atoms with Crippen molar-refractivity contribution >= 4 is 22.3 Å². The molecule has 0 bridgehead atoms. The molecule has 0 atom stereocenters. The monoisotopic (exact) mass is 325 g/mol. The van der Waals surface area contributed by atoms with Gasteiger partial charge in [-0.05, 0) is 31.5 Å². The number of rotatable bonds is 6.